The molecule has 5 heteroatoms. The highest BCUT2D eigenvalue weighted by Gasteiger charge is 2.33. The van der Waals surface area contributed by atoms with Crippen molar-refractivity contribution in [1.29, 1.82) is 0 Å². The number of rotatable bonds is 3. The Balaban J connectivity index is 1.47. The zero-order chi connectivity index (χ0) is 20.8. The number of nitrogens with zero attached hydrogens (tertiary/aromatic N) is 1. The third-order valence-electron chi connectivity index (χ3n) is 6.25. The molecule has 5 rings (SSSR count). The number of aryl methyl sites for hydroxylation is 1. The molecule has 30 heavy (non-hydrogen) atoms. The highest BCUT2D eigenvalue weighted by atomic mass is 16.3. The molecular formula is C25H24N2O3. The van der Waals surface area contributed by atoms with Crippen molar-refractivity contribution in [3.8, 4) is 11.1 Å². The summed E-state index contributed by atoms with van der Waals surface area (Å²) in [5, 5.41) is 22.6. The average Bonchev–Trinajstić information content (AvgIpc) is 3.36. The van der Waals surface area contributed by atoms with E-state index in [1.807, 2.05) is 30.5 Å². The molecule has 3 aromatic carbocycles. The number of aromatic amines is 1. The highest BCUT2D eigenvalue weighted by Crippen LogP contribution is 2.32. The zero-order valence-corrected chi connectivity index (χ0v) is 16.8. The van der Waals surface area contributed by atoms with E-state index >= 15 is 0 Å². The fourth-order valence-electron chi connectivity index (χ4n) is 4.47. The molecule has 0 unspecified atom stereocenters. The summed E-state index contributed by atoms with van der Waals surface area (Å²) in [6.45, 7) is 2.64. The molecular weight excluding hydrogens is 376 g/mol. The number of para-hydroxylation sites is 1. The van der Waals surface area contributed by atoms with Gasteiger partial charge >= 0.3 is 0 Å². The van der Waals surface area contributed by atoms with E-state index in [0.29, 0.717) is 12.1 Å². The van der Waals surface area contributed by atoms with E-state index in [4.69, 9.17) is 0 Å². The second kappa shape index (κ2) is 7.27. The van der Waals surface area contributed by atoms with E-state index in [1.165, 1.54) is 10.9 Å². The van der Waals surface area contributed by atoms with Crippen LogP contribution >= 0.6 is 0 Å². The van der Waals surface area contributed by atoms with Gasteiger partial charge in [-0.25, -0.2) is 0 Å². The van der Waals surface area contributed by atoms with E-state index in [0.717, 1.165) is 27.4 Å². The Kier molecular flexibility index (Phi) is 4.57. The van der Waals surface area contributed by atoms with Crippen LogP contribution in [0, 0.1) is 12.8 Å². The Morgan fingerprint density at radius 2 is 1.90 bits per heavy atom. The molecule has 3 N–H and O–H groups in total. The van der Waals surface area contributed by atoms with E-state index in [9.17, 15) is 15.0 Å². The fraction of sp³-hybridized carbons (Fsp3) is 0.240. The van der Waals surface area contributed by atoms with Crippen LogP contribution in [-0.4, -0.2) is 51.8 Å². The molecule has 152 valence electrons. The molecule has 2 heterocycles. The van der Waals surface area contributed by atoms with Crippen LogP contribution in [0.4, 0.5) is 0 Å². The largest absolute Gasteiger partial charge is 0.396 e. The van der Waals surface area contributed by atoms with Gasteiger partial charge in [-0.05, 0) is 47.0 Å². The molecule has 1 saturated heterocycles. The smallest absolute Gasteiger partial charge is 0.253 e. The van der Waals surface area contributed by atoms with Crippen LogP contribution in [0.5, 0.6) is 0 Å². The number of likely N-dealkylation sites (tertiary alicyclic amines) is 1. The van der Waals surface area contributed by atoms with Crippen molar-refractivity contribution in [1.82, 2.24) is 9.88 Å². The summed E-state index contributed by atoms with van der Waals surface area (Å²) in [7, 11) is 0. The van der Waals surface area contributed by atoms with Crippen LogP contribution in [-0.2, 0) is 0 Å². The van der Waals surface area contributed by atoms with E-state index in [1.54, 1.807) is 4.90 Å². The van der Waals surface area contributed by atoms with Gasteiger partial charge in [-0.2, -0.15) is 0 Å². The predicted octanol–water partition coefficient (Wildman–Crippen LogP) is 3.72. The third kappa shape index (κ3) is 3.07. The van der Waals surface area contributed by atoms with Crippen LogP contribution in [0.25, 0.3) is 32.8 Å². The lowest BCUT2D eigenvalue weighted by molar-refractivity contribution is 0.0763. The van der Waals surface area contributed by atoms with Gasteiger partial charge in [0.05, 0.1) is 12.7 Å². The Morgan fingerprint density at radius 3 is 2.70 bits per heavy atom. The first kappa shape index (κ1) is 18.9. The first-order chi connectivity index (χ1) is 14.5. The summed E-state index contributed by atoms with van der Waals surface area (Å²) in [6.07, 6.45) is 1.38. The minimum atomic E-state index is -0.665. The second-order valence-electron chi connectivity index (χ2n) is 8.20. The number of aromatic nitrogens is 1. The number of nitrogens with one attached hydrogen (secondary N) is 1. The third-order valence-corrected chi connectivity index (χ3v) is 6.25. The number of β-amino-alcohol motifs (C(OH)–C–C–N with tert-alkyl or cyclic N) is 1. The van der Waals surface area contributed by atoms with Gasteiger partial charge in [-0.3, -0.25) is 4.79 Å². The van der Waals surface area contributed by atoms with Crippen LogP contribution in [0.3, 0.4) is 0 Å². The molecule has 5 nitrogen and oxygen atoms in total. The van der Waals surface area contributed by atoms with Crippen LogP contribution in [0.15, 0.2) is 60.8 Å². The zero-order valence-electron chi connectivity index (χ0n) is 16.8. The van der Waals surface area contributed by atoms with Crippen molar-refractivity contribution in [2.24, 2.45) is 5.92 Å². The Morgan fingerprint density at radius 1 is 1.10 bits per heavy atom. The quantitative estimate of drug-likeness (QED) is 0.491. The van der Waals surface area contributed by atoms with Gasteiger partial charge in [0.15, 0.2) is 0 Å². The van der Waals surface area contributed by atoms with Crippen molar-refractivity contribution >= 4 is 27.6 Å². The maximum absolute atomic E-state index is 12.9. The lowest BCUT2D eigenvalue weighted by Crippen LogP contribution is -2.29. The summed E-state index contributed by atoms with van der Waals surface area (Å²) in [6, 6.07) is 18.3. The van der Waals surface area contributed by atoms with Gasteiger partial charge in [0.2, 0.25) is 0 Å². The van der Waals surface area contributed by atoms with Gasteiger partial charge in [-0.15, -0.1) is 0 Å². The molecule has 0 aliphatic carbocycles. The number of hydrogen-bond donors (Lipinski definition) is 3. The molecule has 1 aliphatic rings. The minimum Gasteiger partial charge on any atom is -0.396 e. The Bertz CT molecular complexity index is 1260. The van der Waals surface area contributed by atoms with Crippen LogP contribution < -0.4 is 0 Å². The summed E-state index contributed by atoms with van der Waals surface area (Å²) < 4.78 is 0. The SMILES string of the molecule is Cc1cccc2c(-c3ccc4cc(C(=O)N5C[C@H](CO)[C@@H](O)C5)ccc4c3)c[nH]c12. The van der Waals surface area contributed by atoms with Crippen molar-refractivity contribution in [3.63, 3.8) is 0 Å². The maximum atomic E-state index is 12.9. The summed E-state index contributed by atoms with van der Waals surface area (Å²) in [5.41, 5.74) is 5.27. The van der Waals surface area contributed by atoms with Crippen molar-refractivity contribution in [2.75, 3.05) is 19.7 Å². The number of hydrogen-bond acceptors (Lipinski definition) is 3. The van der Waals surface area contributed by atoms with Gasteiger partial charge in [0, 0.05) is 47.2 Å². The van der Waals surface area contributed by atoms with Crippen molar-refractivity contribution < 1.29 is 15.0 Å². The van der Waals surface area contributed by atoms with Crippen LogP contribution in [0.2, 0.25) is 0 Å². The lowest BCUT2D eigenvalue weighted by Gasteiger charge is -2.16. The monoisotopic (exact) mass is 400 g/mol. The number of aliphatic hydroxyl groups excluding tert-OH is 2. The Labute approximate surface area is 174 Å². The van der Waals surface area contributed by atoms with Gasteiger partial charge < -0.3 is 20.1 Å². The molecule has 0 saturated carbocycles. The van der Waals surface area contributed by atoms with E-state index in [-0.39, 0.29) is 25.0 Å². The van der Waals surface area contributed by atoms with Gasteiger partial charge in [-0.1, -0.05) is 36.4 Å². The number of fused-ring (bicyclic) bond motifs is 2. The maximum Gasteiger partial charge on any atom is 0.253 e. The van der Waals surface area contributed by atoms with E-state index in [2.05, 4.69) is 42.2 Å². The fourth-order valence-corrected chi connectivity index (χ4v) is 4.47. The predicted molar refractivity (Wildman–Crippen MR) is 118 cm³/mol. The number of amides is 1. The first-order valence-corrected chi connectivity index (χ1v) is 10.2. The minimum absolute atomic E-state index is 0.108. The lowest BCUT2D eigenvalue weighted by atomic mass is 9.99. The molecule has 1 aromatic heterocycles. The molecule has 1 amide bonds. The molecule has 0 radical (unpaired) electrons. The molecule has 0 spiro atoms. The number of carbonyl (C=O) groups excluding carboxylic acids is 1. The summed E-state index contributed by atoms with van der Waals surface area (Å²) >= 11 is 0. The first-order valence-electron chi connectivity index (χ1n) is 10.2. The second-order valence-corrected chi connectivity index (χ2v) is 8.20. The molecule has 0 bridgehead atoms. The number of carbonyl (C=O) groups is 1. The standard InChI is InChI=1S/C25H24N2O3/c1-15-3-2-4-21-22(11-26-24(15)21)18-7-5-17-10-19(8-6-16(17)9-18)25(30)27-12-20(14-28)23(29)13-27/h2-11,20,23,26,28-29H,12-14H2,1H3/t20-,23+/m1/s1. The van der Waals surface area contributed by atoms with E-state index < -0.39 is 6.10 Å². The number of benzene rings is 3. The van der Waals surface area contributed by atoms with Crippen molar-refractivity contribution in [2.45, 2.75) is 13.0 Å². The van der Waals surface area contributed by atoms with Gasteiger partial charge in [0.1, 0.15) is 0 Å². The van der Waals surface area contributed by atoms with Gasteiger partial charge in [0.25, 0.3) is 5.91 Å². The topological polar surface area (TPSA) is 76.6 Å². The van der Waals surface area contributed by atoms with Crippen molar-refractivity contribution in [3.05, 3.63) is 71.9 Å². The molecule has 4 aromatic rings. The van der Waals surface area contributed by atoms with Crippen LogP contribution in [0.1, 0.15) is 15.9 Å². The average molecular weight is 400 g/mol. The highest BCUT2D eigenvalue weighted by molar-refractivity contribution is 6.02. The molecule has 1 aliphatic heterocycles. The normalized spacial score (nSPS) is 19.1. The molecule has 2 atom stereocenters. The number of aliphatic hydroxyl groups is 2. The Hall–Kier alpha value is -3.15. The number of H-pyrrole nitrogens is 1. The summed E-state index contributed by atoms with van der Waals surface area (Å²) in [5.74, 6) is -0.375. The summed E-state index contributed by atoms with van der Waals surface area (Å²) in [4.78, 5) is 17.9. The molecule has 1 fully saturated rings.